The Morgan fingerprint density at radius 3 is 2.37 bits per heavy atom. The fraction of sp³-hybridized carbons (Fsp3) is 0.250. The maximum atomic E-state index is 13.6. The van der Waals surface area contributed by atoms with Crippen LogP contribution in [0.5, 0.6) is 11.5 Å². The summed E-state index contributed by atoms with van der Waals surface area (Å²) >= 11 is 3.29. The number of para-hydroxylation sites is 1. The largest absolute Gasteiger partial charge is 0.453 e. The molecule has 19 heavy (non-hydrogen) atoms. The zero-order valence-corrected chi connectivity index (χ0v) is 12.6. The van der Waals surface area contributed by atoms with Crippen molar-refractivity contribution in [3.05, 3.63) is 58.3 Å². The maximum Gasteiger partial charge on any atom is 0.177 e. The molecule has 0 aliphatic heterocycles. The normalized spacial score (nSPS) is 10.8. The van der Waals surface area contributed by atoms with Crippen molar-refractivity contribution in [1.29, 1.82) is 0 Å². The summed E-state index contributed by atoms with van der Waals surface area (Å²) in [6.07, 6.45) is 1.03. The predicted octanol–water partition coefficient (Wildman–Crippen LogP) is 5.58. The Kier molecular flexibility index (Phi) is 4.59. The molecule has 0 amide bonds. The molecule has 0 aliphatic carbocycles. The van der Waals surface area contributed by atoms with Crippen LogP contribution in [0.4, 0.5) is 4.39 Å². The summed E-state index contributed by atoms with van der Waals surface area (Å²) in [5, 5.41) is 0. The summed E-state index contributed by atoms with van der Waals surface area (Å²) < 4.78 is 19.8. The Balaban J connectivity index is 2.15. The van der Waals surface area contributed by atoms with Gasteiger partial charge in [0.15, 0.2) is 11.6 Å². The van der Waals surface area contributed by atoms with E-state index in [4.69, 9.17) is 4.74 Å². The van der Waals surface area contributed by atoms with Crippen molar-refractivity contribution >= 4 is 15.9 Å². The van der Waals surface area contributed by atoms with Crippen LogP contribution in [-0.2, 0) is 6.42 Å². The monoisotopic (exact) mass is 322 g/mol. The van der Waals surface area contributed by atoms with Crippen LogP contribution in [0.15, 0.2) is 46.9 Å². The maximum absolute atomic E-state index is 13.6. The van der Waals surface area contributed by atoms with Gasteiger partial charge in [-0.25, -0.2) is 4.39 Å². The molecule has 0 fully saturated rings. The lowest BCUT2D eigenvalue weighted by Crippen LogP contribution is -1.94. The van der Waals surface area contributed by atoms with Crippen LogP contribution < -0.4 is 4.74 Å². The summed E-state index contributed by atoms with van der Waals surface area (Å²) in [6.45, 7) is 4.36. The average molecular weight is 323 g/mol. The van der Waals surface area contributed by atoms with Crippen LogP contribution in [0.1, 0.15) is 19.4 Å². The quantitative estimate of drug-likeness (QED) is 0.714. The molecule has 0 unspecified atom stereocenters. The lowest BCUT2D eigenvalue weighted by atomic mass is 10.0. The highest BCUT2D eigenvalue weighted by atomic mass is 79.9. The first-order chi connectivity index (χ1) is 9.06. The van der Waals surface area contributed by atoms with Gasteiger partial charge in [-0.2, -0.15) is 0 Å². The Morgan fingerprint density at radius 2 is 1.79 bits per heavy atom. The third kappa shape index (κ3) is 3.80. The molecule has 2 aromatic carbocycles. The smallest absolute Gasteiger partial charge is 0.177 e. The molecule has 2 rings (SSSR count). The van der Waals surface area contributed by atoms with Gasteiger partial charge in [0.1, 0.15) is 5.75 Å². The molecule has 2 aromatic rings. The molecule has 0 bridgehead atoms. The molecule has 1 nitrogen and oxygen atoms in total. The first-order valence-corrected chi connectivity index (χ1v) is 7.06. The van der Waals surface area contributed by atoms with Crippen LogP contribution in [-0.4, -0.2) is 0 Å². The van der Waals surface area contributed by atoms with Crippen molar-refractivity contribution in [2.45, 2.75) is 20.3 Å². The van der Waals surface area contributed by atoms with Crippen LogP contribution in [0.25, 0.3) is 0 Å². The molecule has 0 atom stereocenters. The molecular weight excluding hydrogens is 307 g/mol. The second kappa shape index (κ2) is 6.20. The third-order valence-corrected chi connectivity index (χ3v) is 3.33. The first-order valence-electron chi connectivity index (χ1n) is 6.27. The van der Waals surface area contributed by atoms with E-state index in [2.05, 4.69) is 29.8 Å². The van der Waals surface area contributed by atoms with Gasteiger partial charge in [0.2, 0.25) is 0 Å². The number of halogens is 2. The van der Waals surface area contributed by atoms with Crippen molar-refractivity contribution < 1.29 is 9.13 Å². The van der Waals surface area contributed by atoms with Crippen molar-refractivity contribution in [3.8, 4) is 11.5 Å². The van der Waals surface area contributed by atoms with Crippen molar-refractivity contribution in [1.82, 2.24) is 0 Å². The van der Waals surface area contributed by atoms with Crippen LogP contribution in [0.2, 0.25) is 0 Å². The van der Waals surface area contributed by atoms with Gasteiger partial charge >= 0.3 is 0 Å². The minimum Gasteiger partial charge on any atom is -0.453 e. The lowest BCUT2D eigenvalue weighted by molar-refractivity contribution is 0.439. The van der Waals surface area contributed by atoms with E-state index in [1.165, 1.54) is 11.6 Å². The minimum absolute atomic E-state index is 0.221. The van der Waals surface area contributed by atoms with Crippen LogP contribution in [0, 0.1) is 11.7 Å². The molecule has 100 valence electrons. The standard InChI is InChI=1S/C16H16BrFO/c1-11(2)10-12-6-8-13(9-7-12)19-16-14(17)4-3-5-15(16)18/h3-9,11H,10H2,1-2H3. The van der Waals surface area contributed by atoms with Gasteiger partial charge in [-0.3, -0.25) is 0 Å². The Hall–Kier alpha value is -1.35. The van der Waals surface area contributed by atoms with E-state index in [1.54, 1.807) is 12.1 Å². The topological polar surface area (TPSA) is 9.23 Å². The molecule has 0 saturated heterocycles. The number of ether oxygens (including phenoxy) is 1. The number of benzene rings is 2. The highest BCUT2D eigenvalue weighted by Gasteiger charge is 2.09. The third-order valence-electron chi connectivity index (χ3n) is 2.71. The number of hydrogen-bond donors (Lipinski definition) is 0. The summed E-state index contributed by atoms with van der Waals surface area (Å²) in [6, 6.07) is 12.6. The zero-order chi connectivity index (χ0) is 13.8. The lowest BCUT2D eigenvalue weighted by Gasteiger charge is -2.10. The van der Waals surface area contributed by atoms with Crippen LogP contribution >= 0.6 is 15.9 Å². The van der Waals surface area contributed by atoms with E-state index < -0.39 is 0 Å². The van der Waals surface area contributed by atoms with E-state index in [9.17, 15) is 4.39 Å². The minimum atomic E-state index is -0.374. The predicted molar refractivity (Wildman–Crippen MR) is 79.2 cm³/mol. The average Bonchev–Trinajstić information content (AvgIpc) is 2.35. The molecular formula is C16H16BrFO. The fourth-order valence-electron chi connectivity index (χ4n) is 1.86. The van der Waals surface area contributed by atoms with Gasteiger partial charge in [-0.05, 0) is 58.1 Å². The Morgan fingerprint density at radius 1 is 1.11 bits per heavy atom. The van der Waals surface area contributed by atoms with E-state index in [0.717, 1.165) is 6.42 Å². The second-order valence-electron chi connectivity index (χ2n) is 4.89. The summed E-state index contributed by atoms with van der Waals surface area (Å²) in [7, 11) is 0. The Bertz CT molecular complexity index is 529. The molecule has 0 radical (unpaired) electrons. The van der Waals surface area contributed by atoms with Crippen molar-refractivity contribution in [3.63, 3.8) is 0 Å². The van der Waals surface area contributed by atoms with Crippen molar-refractivity contribution in [2.75, 3.05) is 0 Å². The van der Waals surface area contributed by atoms with E-state index in [-0.39, 0.29) is 11.6 Å². The number of rotatable bonds is 4. The molecule has 3 heteroatoms. The molecule has 0 N–H and O–H groups in total. The molecule has 0 saturated carbocycles. The summed E-state index contributed by atoms with van der Waals surface area (Å²) in [4.78, 5) is 0. The van der Waals surface area contributed by atoms with Gasteiger partial charge in [-0.1, -0.05) is 32.0 Å². The van der Waals surface area contributed by atoms with Gasteiger partial charge < -0.3 is 4.74 Å². The van der Waals surface area contributed by atoms with Gasteiger partial charge in [0.05, 0.1) is 4.47 Å². The highest BCUT2D eigenvalue weighted by molar-refractivity contribution is 9.10. The Labute approximate surface area is 121 Å². The first kappa shape index (κ1) is 14.1. The van der Waals surface area contributed by atoms with E-state index in [1.807, 2.05) is 24.3 Å². The molecule has 0 aromatic heterocycles. The second-order valence-corrected chi connectivity index (χ2v) is 5.75. The number of hydrogen-bond acceptors (Lipinski definition) is 1. The van der Waals surface area contributed by atoms with E-state index in [0.29, 0.717) is 16.1 Å². The van der Waals surface area contributed by atoms with E-state index >= 15 is 0 Å². The fourth-order valence-corrected chi connectivity index (χ4v) is 2.29. The van der Waals surface area contributed by atoms with Crippen molar-refractivity contribution in [2.24, 2.45) is 5.92 Å². The van der Waals surface area contributed by atoms with Gasteiger partial charge in [0, 0.05) is 0 Å². The zero-order valence-electron chi connectivity index (χ0n) is 11.0. The highest BCUT2D eigenvalue weighted by Crippen LogP contribution is 2.32. The SMILES string of the molecule is CC(C)Cc1ccc(Oc2c(F)cccc2Br)cc1. The summed E-state index contributed by atoms with van der Waals surface area (Å²) in [5.41, 5.74) is 1.26. The summed E-state index contributed by atoms with van der Waals surface area (Å²) in [5.74, 6) is 1.10. The van der Waals surface area contributed by atoms with Crippen LogP contribution in [0.3, 0.4) is 0 Å². The molecule has 0 aliphatic rings. The van der Waals surface area contributed by atoms with Gasteiger partial charge in [0.25, 0.3) is 0 Å². The molecule has 0 heterocycles. The van der Waals surface area contributed by atoms with Gasteiger partial charge in [-0.15, -0.1) is 0 Å². The molecule has 0 spiro atoms.